The molecular weight excluding hydrogens is 207 g/mol. The van der Waals surface area contributed by atoms with Gasteiger partial charge in [-0.25, -0.2) is 4.39 Å². The number of benzene rings is 1. The average Bonchev–Trinajstić information content (AvgIpc) is 2.19. The van der Waals surface area contributed by atoms with Crippen molar-refractivity contribution in [1.82, 2.24) is 5.32 Å². The van der Waals surface area contributed by atoms with Crippen LogP contribution in [0.4, 0.5) is 10.1 Å². The van der Waals surface area contributed by atoms with Crippen molar-refractivity contribution in [2.75, 3.05) is 5.73 Å². The molecule has 0 unspecified atom stereocenters. The molecule has 0 heterocycles. The molecule has 86 valence electrons. The Kier molecular flexibility index (Phi) is 2.81. The first-order chi connectivity index (χ1) is 7.56. The highest BCUT2D eigenvalue weighted by Crippen LogP contribution is 2.26. The Bertz CT molecular complexity index is 413. The monoisotopic (exact) mass is 222 g/mol. The normalized spacial score (nSPS) is 23.6. The first kappa shape index (κ1) is 10.9. The summed E-state index contributed by atoms with van der Waals surface area (Å²) in [5.74, 6) is -0.0645. The first-order valence-corrected chi connectivity index (χ1v) is 5.42. The lowest BCUT2D eigenvalue weighted by molar-refractivity contribution is 0.0896. The summed E-state index contributed by atoms with van der Waals surface area (Å²) in [6.45, 7) is 2.14. The molecule has 0 saturated heterocycles. The van der Waals surface area contributed by atoms with Crippen molar-refractivity contribution in [2.45, 2.75) is 25.8 Å². The Morgan fingerprint density at radius 2 is 2.19 bits per heavy atom. The van der Waals surface area contributed by atoms with E-state index in [9.17, 15) is 9.18 Å². The zero-order valence-corrected chi connectivity index (χ0v) is 9.16. The number of hydrogen-bond donors (Lipinski definition) is 2. The van der Waals surface area contributed by atoms with Crippen molar-refractivity contribution in [3.63, 3.8) is 0 Å². The summed E-state index contributed by atoms with van der Waals surface area (Å²) in [5.41, 5.74) is 6.16. The molecular formula is C12H15FN2O. The summed E-state index contributed by atoms with van der Waals surface area (Å²) < 4.78 is 13.0. The summed E-state index contributed by atoms with van der Waals surface area (Å²) in [6, 6.07) is 4.04. The molecule has 4 heteroatoms. The molecule has 1 aromatic carbocycles. The first-order valence-electron chi connectivity index (χ1n) is 5.42. The largest absolute Gasteiger partial charge is 0.398 e. The van der Waals surface area contributed by atoms with Gasteiger partial charge < -0.3 is 11.1 Å². The molecule has 1 aliphatic rings. The van der Waals surface area contributed by atoms with Crippen LogP contribution in [-0.4, -0.2) is 11.9 Å². The number of carbonyl (C=O) groups is 1. The zero-order chi connectivity index (χ0) is 11.7. The van der Waals surface area contributed by atoms with Crippen molar-refractivity contribution in [3.8, 4) is 0 Å². The van der Waals surface area contributed by atoms with Gasteiger partial charge in [-0.3, -0.25) is 4.79 Å². The van der Waals surface area contributed by atoms with E-state index in [1.54, 1.807) is 0 Å². The lowest BCUT2D eigenvalue weighted by atomic mass is 9.82. The summed E-state index contributed by atoms with van der Waals surface area (Å²) in [5, 5.41) is 2.85. The van der Waals surface area contributed by atoms with Crippen LogP contribution in [0, 0.1) is 11.7 Å². The van der Waals surface area contributed by atoms with E-state index in [0.29, 0.717) is 11.6 Å². The van der Waals surface area contributed by atoms with Gasteiger partial charge in [0.05, 0.1) is 5.56 Å². The smallest absolute Gasteiger partial charge is 0.253 e. The molecule has 3 nitrogen and oxygen atoms in total. The van der Waals surface area contributed by atoms with Gasteiger partial charge in [0.1, 0.15) is 5.82 Å². The molecule has 0 radical (unpaired) electrons. The fourth-order valence-electron chi connectivity index (χ4n) is 2.01. The number of anilines is 1. The third kappa shape index (κ3) is 2.15. The third-order valence-corrected chi connectivity index (χ3v) is 2.97. The van der Waals surface area contributed by atoms with Crippen LogP contribution >= 0.6 is 0 Å². The van der Waals surface area contributed by atoms with Crippen LogP contribution < -0.4 is 11.1 Å². The molecule has 1 fully saturated rings. The van der Waals surface area contributed by atoms with Crippen molar-refractivity contribution in [2.24, 2.45) is 5.92 Å². The van der Waals surface area contributed by atoms with Gasteiger partial charge in [0.15, 0.2) is 0 Å². The Morgan fingerprint density at radius 1 is 1.50 bits per heavy atom. The second kappa shape index (κ2) is 4.12. The predicted octanol–water partition coefficient (Wildman–Crippen LogP) is 1.94. The highest BCUT2D eigenvalue weighted by Gasteiger charge is 2.27. The predicted molar refractivity (Wildman–Crippen MR) is 60.5 cm³/mol. The van der Waals surface area contributed by atoms with E-state index in [0.717, 1.165) is 12.8 Å². The number of nitrogens with two attached hydrogens (primary N) is 1. The van der Waals surface area contributed by atoms with Crippen molar-refractivity contribution < 1.29 is 9.18 Å². The van der Waals surface area contributed by atoms with Gasteiger partial charge in [0.25, 0.3) is 5.91 Å². The summed E-state index contributed by atoms with van der Waals surface area (Å²) in [7, 11) is 0. The van der Waals surface area contributed by atoms with Crippen LogP contribution in [0.1, 0.15) is 30.1 Å². The van der Waals surface area contributed by atoms with Crippen LogP contribution in [-0.2, 0) is 0 Å². The SMILES string of the molecule is CC1CC(NC(=O)c2cc(F)ccc2N)C1. The second-order valence-electron chi connectivity index (χ2n) is 4.48. The Morgan fingerprint density at radius 3 is 2.81 bits per heavy atom. The molecule has 2 rings (SSSR count). The lowest BCUT2D eigenvalue weighted by Gasteiger charge is -2.33. The number of carbonyl (C=O) groups excluding carboxylic acids is 1. The molecule has 0 bridgehead atoms. The van der Waals surface area contributed by atoms with Gasteiger partial charge in [-0.15, -0.1) is 0 Å². The molecule has 16 heavy (non-hydrogen) atoms. The number of nitrogens with one attached hydrogen (secondary N) is 1. The van der Waals surface area contributed by atoms with Gasteiger partial charge in [-0.05, 0) is 37.0 Å². The second-order valence-corrected chi connectivity index (χ2v) is 4.48. The van der Waals surface area contributed by atoms with Gasteiger partial charge in [0, 0.05) is 11.7 Å². The summed E-state index contributed by atoms with van der Waals surface area (Å²) in [6.07, 6.45) is 1.97. The topological polar surface area (TPSA) is 55.1 Å². The molecule has 1 aromatic rings. The Hall–Kier alpha value is -1.58. The van der Waals surface area contributed by atoms with E-state index < -0.39 is 5.82 Å². The van der Waals surface area contributed by atoms with E-state index in [2.05, 4.69) is 12.2 Å². The highest BCUT2D eigenvalue weighted by molar-refractivity contribution is 5.99. The van der Waals surface area contributed by atoms with Crippen LogP contribution in [0.25, 0.3) is 0 Å². The molecule has 3 N–H and O–H groups in total. The van der Waals surface area contributed by atoms with E-state index >= 15 is 0 Å². The van der Waals surface area contributed by atoms with Gasteiger partial charge in [0.2, 0.25) is 0 Å². The number of hydrogen-bond acceptors (Lipinski definition) is 2. The molecule has 0 aromatic heterocycles. The molecule has 0 aliphatic heterocycles. The molecule has 1 saturated carbocycles. The van der Waals surface area contributed by atoms with E-state index in [4.69, 9.17) is 5.73 Å². The minimum absolute atomic E-state index is 0.213. The maximum atomic E-state index is 13.0. The fourth-order valence-corrected chi connectivity index (χ4v) is 2.01. The van der Waals surface area contributed by atoms with Crippen LogP contribution in [0.3, 0.4) is 0 Å². The number of halogens is 1. The van der Waals surface area contributed by atoms with Crippen LogP contribution in [0.2, 0.25) is 0 Å². The minimum Gasteiger partial charge on any atom is -0.398 e. The molecule has 0 atom stereocenters. The highest BCUT2D eigenvalue weighted by atomic mass is 19.1. The Labute approximate surface area is 93.8 Å². The van der Waals surface area contributed by atoms with E-state index in [1.807, 2.05) is 0 Å². The van der Waals surface area contributed by atoms with Gasteiger partial charge in [-0.1, -0.05) is 6.92 Å². The van der Waals surface area contributed by atoms with Gasteiger partial charge in [-0.2, -0.15) is 0 Å². The maximum absolute atomic E-state index is 13.0. The quantitative estimate of drug-likeness (QED) is 0.751. The van der Waals surface area contributed by atoms with Crippen LogP contribution in [0.5, 0.6) is 0 Å². The zero-order valence-electron chi connectivity index (χ0n) is 9.16. The van der Waals surface area contributed by atoms with Crippen molar-refractivity contribution in [1.29, 1.82) is 0 Å². The summed E-state index contributed by atoms with van der Waals surface area (Å²) in [4.78, 5) is 11.8. The number of amides is 1. The Balaban J connectivity index is 2.05. The molecule has 1 amide bonds. The fraction of sp³-hybridized carbons (Fsp3) is 0.417. The maximum Gasteiger partial charge on any atom is 0.253 e. The van der Waals surface area contributed by atoms with Crippen molar-refractivity contribution >= 4 is 11.6 Å². The number of rotatable bonds is 2. The van der Waals surface area contributed by atoms with E-state index in [-0.39, 0.29) is 17.5 Å². The minimum atomic E-state index is -0.443. The summed E-state index contributed by atoms with van der Waals surface area (Å²) >= 11 is 0. The standard InChI is InChI=1S/C12H15FN2O/c1-7-4-9(5-7)15-12(16)10-6-8(13)2-3-11(10)14/h2-3,6-7,9H,4-5,14H2,1H3,(H,15,16). The third-order valence-electron chi connectivity index (χ3n) is 2.97. The van der Waals surface area contributed by atoms with Gasteiger partial charge >= 0.3 is 0 Å². The number of nitrogen functional groups attached to an aromatic ring is 1. The molecule has 0 spiro atoms. The lowest BCUT2D eigenvalue weighted by Crippen LogP contribution is -2.43. The molecule has 1 aliphatic carbocycles. The van der Waals surface area contributed by atoms with Crippen molar-refractivity contribution in [3.05, 3.63) is 29.6 Å². The van der Waals surface area contributed by atoms with E-state index in [1.165, 1.54) is 18.2 Å². The van der Waals surface area contributed by atoms with Crippen LogP contribution in [0.15, 0.2) is 18.2 Å². The average molecular weight is 222 g/mol.